The topological polar surface area (TPSA) is 72.9 Å². The summed E-state index contributed by atoms with van der Waals surface area (Å²) >= 11 is 0. The quantitative estimate of drug-likeness (QED) is 0.594. The number of aryl methyl sites for hydroxylation is 1. The first-order valence-electron chi connectivity index (χ1n) is 8.80. The van der Waals surface area contributed by atoms with Crippen LogP contribution in [-0.2, 0) is 14.8 Å². The maximum atomic E-state index is 13.0. The Bertz CT molecular complexity index is 914. The molecule has 0 saturated carbocycles. The van der Waals surface area contributed by atoms with Crippen LogP contribution in [0.3, 0.4) is 0 Å². The van der Waals surface area contributed by atoms with E-state index < -0.39 is 16.0 Å². The molecule has 2 atom stereocenters. The molecule has 1 saturated heterocycles. The predicted molar refractivity (Wildman–Crippen MR) is 101 cm³/mol. The van der Waals surface area contributed by atoms with Crippen molar-refractivity contribution in [3.63, 3.8) is 0 Å². The highest BCUT2D eigenvalue weighted by Gasteiger charge is 2.32. The van der Waals surface area contributed by atoms with Gasteiger partial charge in [-0.3, -0.25) is 0 Å². The van der Waals surface area contributed by atoms with Crippen LogP contribution in [0.15, 0.2) is 53.4 Å². The summed E-state index contributed by atoms with van der Waals surface area (Å²) in [5, 5.41) is 0. The molecule has 0 radical (unpaired) electrons. The summed E-state index contributed by atoms with van der Waals surface area (Å²) < 4.78 is 38.3. The number of carbonyl (C=O) groups is 1. The molecule has 144 valence electrons. The molecule has 0 N–H and O–H groups in total. The molecule has 0 aromatic heterocycles. The molecule has 0 bridgehead atoms. The van der Waals surface area contributed by atoms with Gasteiger partial charge in [-0.15, -0.1) is 0 Å². The lowest BCUT2D eigenvalue weighted by atomic mass is 10.2. The first-order chi connectivity index (χ1) is 12.8. The van der Waals surface area contributed by atoms with Crippen molar-refractivity contribution in [1.82, 2.24) is 4.31 Å². The Balaban J connectivity index is 1.82. The molecular weight excluding hydrogens is 366 g/mol. The maximum absolute atomic E-state index is 13.0. The fourth-order valence-corrected chi connectivity index (χ4v) is 4.67. The molecule has 7 heteroatoms. The molecule has 6 nitrogen and oxygen atoms in total. The molecule has 1 aliphatic heterocycles. The van der Waals surface area contributed by atoms with Gasteiger partial charge < -0.3 is 9.47 Å². The number of morpholine rings is 1. The van der Waals surface area contributed by atoms with E-state index in [0.717, 1.165) is 5.56 Å². The number of nitrogens with zero attached hydrogens (tertiary/aromatic N) is 1. The number of ether oxygens (including phenoxy) is 2. The molecule has 1 aliphatic rings. The molecule has 0 aliphatic carbocycles. The van der Waals surface area contributed by atoms with Crippen molar-refractivity contribution >= 4 is 16.0 Å². The van der Waals surface area contributed by atoms with Crippen molar-refractivity contribution in [3.8, 4) is 5.75 Å². The number of sulfonamides is 1. The van der Waals surface area contributed by atoms with Gasteiger partial charge in [0, 0.05) is 13.1 Å². The van der Waals surface area contributed by atoms with E-state index >= 15 is 0 Å². The monoisotopic (exact) mass is 389 g/mol. The molecule has 27 heavy (non-hydrogen) atoms. The predicted octanol–water partition coefficient (Wildman–Crippen LogP) is 3.01. The highest BCUT2D eigenvalue weighted by Crippen LogP contribution is 2.22. The Morgan fingerprint density at radius 2 is 1.70 bits per heavy atom. The highest BCUT2D eigenvalue weighted by atomic mass is 32.2. The van der Waals surface area contributed by atoms with E-state index in [1.165, 1.54) is 16.4 Å². The average Bonchev–Trinajstić information content (AvgIpc) is 2.63. The van der Waals surface area contributed by atoms with Crippen molar-refractivity contribution in [2.45, 2.75) is 37.9 Å². The van der Waals surface area contributed by atoms with Crippen molar-refractivity contribution in [2.24, 2.45) is 0 Å². The van der Waals surface area contributed by atoms with Crippen LogP contribution in [0.4, 0.5) is 0 Å². The van der Waals surface area contributed by atoms with Gasteiger partial charge in [-0.25, -0.2) is 13.2 Å². The minimum atomic E-state index is -3.72. The van der Waals surface area contributed by atoms with E-state index in [2.05, 4.69) is 0 Å². The standard InChI is InChI=1S/C20H23NO5S/c1-14-7-9-18(10-8-14)26-20(22)17-5-4-6-19(11-17)27(23,24)21-12-15(2)25-16(3)13-21/h4-11,15-16H,12-13H2,1-3H3. The van der Waals surface area contributed by atoms with Gasteiger partial charge in [0.05, 0.1) is 22.7 Å². The Morgan fingerprint density at radius 3 is 2.33 bits per heavy atom. The van der Waals surface area contributed by atoms with Gasteiger partial charge in [-0.05, 0) is 51.1 Å². The maximum Gasteiger partial charge on any atom is 0.343 e. The van der Waals surface area contributed by atoms with Crippen LogP contribution in [0.2, 0.25) is 0 Å². The van der Waals surface area contributed by atoms with Crippen molar-refractivity contribution in [3.05, 3.63) is 59.7 Å². The minimum absolute atomic E-state index is 0.0714. The Kier molecular flexibility index (Phi) is 5.64. The zero-order valence-corrected chi connectivity index (χ0v) is 16.4. The molecule has 2 aromatic rings. The number of rotatable bonds is 4. The van der Waals surface area contributed by atoms with Crippen LogP contribution in [0, 0.1) is 6.92 Å². The van der Waals surface area contributed by atoms with Crippen LogP contribution in [0.1, 0.15) is 29.8 Å². The molecule has 1 fully saturated rings. The first kappa shape index (κ1) is 19.5. The zero-order chi connectivity index (χ0) is 19.6. The van der Waals surface area contributed by atoms with Crippen molar-refractivity contribution < 1.29 is 22.7 Å². The highest BCUT2D eigenvalue weighted by molar-refractivity contribution is 7.89. The smallest absolute Gasteiger partial charge is 0.343 e. The van der Waals surface area contributed by atoms with Gasteiger partial charge in [-0.1, -0.05) is 23.8 Å². The molecule has 3 rings (SSSR count). The van der Waals surface area contributed by atoms with Gasteiger partial charge in [0.1, 0.15) is 5.75 Å². The molecule has 2 unspecified atom stereocenters. The SMILES string of the molecule is Cc1ccc(OC(=O)c2cccc(S(=O)(=O)N3CC(C)OC(C)C3)c2)cc1. The minimum Gasteiger partial charge on any atom is -0.423 e. The average molecular weight is 389 g/mol. The third kappa shape index (κ3) is 4.55. The van der Waals surface area contributed by atoms with Crippen LogP contribution in [0.5, 0.6) is 5.75 Å². The Labute approximate surface area is 159 Å². The third-order valence-electron chi connectivity index (χ3n) is 4.33. The zero-order valence-electron chi connectivity index (χ0n) is 15.6. The second kappa shape index (κ2) is 7.80. The fraction of sp³-hybridized carbons (Fsp3) is 0.350. The van der Waals surface area contributed by atoms with Crippen LogP contribution >= 0.6 is 0 Å². The fourth-order valence-electron chi connectivity index (χ4n) is 3.03. The lowest BCUT2D eigenvalue weighted by molar-refractivity contribution is -0.0440. The second-order valence-corrected chi connectivity index (χ2v) is 8.75. The summed E-state index contributed by atoms with van der Waals surface area (Å²) in [6.07, 6.45) is -0.364. The molecule has 1 heterocycles. The van der Waals surface area contributed by atoms with E-state index in [1.807, 2.05) is 32.9 Å². The molecule has 0 amide bonds. The second-order valence-electron chi connectivity index (χ2n) is 6.81. The number of hydrogen-bond acceptors (Lipinski definition) is 5. The van der Waals surface area contributed by atoms with Gasteiger partial charge in [0.15, 0.2) is 0 Å². The van der Waals surface area contributed by atoms with E-state index in [0.29, 0.717) is 5.75 Å². The van der Waals surface area contributed by atoms with E-state index in [1.54, 1.807) is 24.3 Å². The van der Waals surface area contributed by atoms with Gasteiger partial charge in [-0.2, -0.15) is 4.31 Å². The summed E-state index contributed by atoms with van der Waals surface area (Å²) in [7, 11) is -3.72. The van der Waals surface area contributed by atoms with E-state index in [9.17, 15) is 13.2 Å². The lowest BCUT2D eigenvalue weighted by Crippen LogP contribution is -2.48. The summed E-state index contributed by atoms with van der Waals surface area (Å²) in [6, 6.07) is 13.0. The largest absolute Gasteiger partial charge is 0.423 e. The summed E-state index contributed by atoms with van der Waals surface area (Å²) in [4.78, 5) is 12.5. The normalized spacial score (nSPS) is 21.0. The number of hydrogen-bond donors (Lipinski definition) is 0. The lowest BCUT2D eigenvalue weighted by Gasteiger charge is -2.34. The summed E-state index contributed by atoms with van der Waals surface area (Å²) in [6.45, 7) is 6.18. The van der Waals surface area contributed by atoms with Crippen LogP contribution in [0.25, 0.3) is 0 Å². The Hall–Kier alpha value is -2.22. The number of carbonyl (C=O) groups excluding carboxylic acids is 1. The van der Waals surface area contributed by atoms with Crippen molar-refractivity contribution in [2.75, 3.05) is 13.1 Å². The summed E-state index contributed by atoms with van der Waals surface area (Å²) in [5.41, 5.74) is 1.24. The number of esters is 1. The van der Waals surface area contributed by atoms with E-state index in [-0.39, 0.29) is 35.8 Å². The molecular formula is C20H23NO5S. The first-order valence-corrected chi connectivity index (χ1v) is 10.2. The van der Waals surface area contributed by atoms with E-state index in [4.69, 9.17) is 9.47 Å². The van der Waals surface area contributed by atoms with Crippen molar-refractivity contribution in [1.29, 1.82) is 0 Å². The van der Waals surface area contributed by atoms with Gasteiger partial charge >= 0.3 is 5.97 Å². The van der Waals surface area contributed by atoms with Crippen LogP contribution in [-0.4, -0.2) is 44.0 Å². The Morgan fingerprint density at radius 1 is 1.07 bits per heavy atom. The molecule has 2 aromatic carbocycles. The van der Waals surface area contributed by atoms with Crippen LogP contribution < -0.4 is 4.74 Å². The van der Waals surface area contributed by atoms with Gasteiger partial charge in [0.25, 0.3) is 0 Å². The third-order valence-corrected chi connectivity index (χ3v) is 6.15. The summed E-state index contributed by atoms with van der Waals surface area (Å²) in [5.74, 6) is -0.186. The molecule has 0 spiro atoms. The van der Waals surface area contributed by atoms with Gasteiger partial charge in [0.2, 0.25) is 10.0 Å². The number of benzene rings is 2.